The van der Waals surface area contributed by atoms with E-state index in [1.807, 2.05) is 0 Å². The number of halogens is 2. The summed E-state index contributed by atoms with van der Waals surface area (Å²) in [6.45, 7) is -0.0709. The van der Waals surface area contributed by atoms with Gasteiger partial charge >= 0.3 is 5.97 Å². The maximum Gasteiger partial charge on any atom is 0.327 e. The van der Waals surface area contributed by atoms with Gasteiger partial charge in [0.1, 0.15) is 29.8 Å². The summed E-state index contributed by atoms with van der Waals surface area (Å²) >= 11 is 3.09. The van der Waals surface area contributed by atoms with Crippen LogP contribution in [0.5, 0.6) is 11.6 Å². The number of hydrogen-bond acceptors (Lipinski definition) is 6. The largest absolute Gasteiger partial charge is 0.468 e. The molecule has 0 fully saturated rings. The van der Waals surface area contributed by atoms with E-state index in [9.17, 15) is 9.18 Å². The standard InChI is InChI=1S/C14H10BrFN4O3/c1-22-12(21)6-20-13-9(5-19-20)14(18-7-17-13)23-8-2-3-11(16)10(15)4-8/h2-5,7H,6H2,1H3. The van der Waals surface area contributed by atoms with Gasteiger partial charge in [0, 0.05) is 0 Å². The van der Waals surface area contributed by atoms with Crippen molar-refractivity contribution in [3.63, 3.8) is 0 Å². The third kappa shape index (κ3) is 3.14. The van der Waals surface area contributed by atoms with Crippen LogP contribution in [0.4, 0.5) is 4.39 Å². The molecule has 0 saturated carbocycles. The van der Waals surface area contributed by atoms with Crippen LogP contribution in [0.1, 0.15) is 0 Å². The minimum Gasteiger partial charge on any atom is -0.468 e. The summed E-state index contributed by atoms with van der Waals surface area (Å²) in [4.78, 5) is 19.5. The van der Waals surface area contributed by atoms with Crippen molar-refractivity contribution in [3.05, 3.63) is 41.0 Å². The molecule has 0 bridgehead atoms. The fraction of sp³-hybridized carbons (Fsp3) is 0.143. The van der Waals surface area contributed by atoms with E-state index in [2.05, 4.69) is 35.7 Å². The topological polar surface area (TPSA) is 79.1 Å². The Morgan fingerprint density at radius 3 is 2.96 bits per heavy atom. The maximum absolute atomic E-state index is 13.3. The first kappa shape index (κ1) is 15.3. The van der Waals surface area contributed by atoms with Crippen molar-refractivity contribution in [1.29, 1.82) is 0 Å². The van der Waals surface area contributed by atoms with E-state index in [4.69, 9.17) is 4.74 Å². The fourth-order valence-electron chi connectivity index (χ4n) is 1.91. The fourth-order valence-corrected chi connectivity index (χ4v) is 2.27. The number of rotatable bonds is 4. The normalized spacial score (nSPS) is 10.7. The smallest absolute Gasteiger partial charge is 0.327 e. The van der Waals surface area contributed by atoms with Crippen molar-refractivity contribution in [1.82, 2.24) is 19.7 Å². The van der Waals surface area contributed by atoms with E-state index < -0.39 is 11.8 Å². The lowest BCUT2D eigenvalue weighted by Crippen LogP contribution is -2.12. The van der Waals surface area contributed by atoms with Crippen LogP contribution in [0, 0.1) is 5.82 Å². The third-order valence-corrected chi connectivity index (χ3v) is 3.62. The van der Waals surface area contributed by atoms with Gasteiger partial charge in [-0.05, 0) is 34.1 Å². The molecule has 0 aliphatic heterocycles. The van der Waals surface area contributed by atoms with Gasteiger partial charge in [0.05, 0.1) is 17.8 Å². The second kappa shape index (κ2) is 6.29. The van der Waals surface area contributed by atoms with E-state index in [1.165, 1.54) is 42.5 Å². The molecule has 3 aromatic rings. The molecule has 2 heterocycles. The zero-order valence-electron chi connectivity index (χ0n) is 11.9. The molecule has 9 heteroatoms. The molecule has 0 saturated heterocycles. The molecule has 2 aromatic heterocycles. The predicted octanol–water partition coefficient (Wildman–Crippen LogP) is 2.69. The van der Waals surface area contributed by atoms with Gasteiger partial charge in [-0.3, -0.25) is 4.79 Å². The Bertz CT molecular complexity index is 884. The van der Waals surface area contributed by atoms with E-state index in [1.54, 1.807) is 0 Å². The molecule has 0 radical (unpaired) electrons. The van der Waals surface area contributed by atoms with Crippen molar-refractivity contribution in [2.24, 2.45) is 0 Å². The Kier molecular flexibility index (Phi) is 4.20. The number of nitrogens with zero attached hydrogens (tertiary/aromatic N) is 4. The van der Waals surface area contributed by atoms with Crippen LogP contribution in [0.2, 0.25) is 0 Å². The number of ether oxygens (including phenoxy) is 2. The highest BCUT2D eigenvalue weighted by molar-refractivity contribution is 9.10. The summed E-state index contributed by atoms with van der Waals surface area (Å²) in [5.41, 5.74) is 0.432. The van der Waals surface area contributed by atoms with Crippen LogP contribution in [-0.2, 0) is 16.1 Å². The maximum atomic E-state index is 13.3. The molecule has 0 unspecified atom stereocenters. The second-order valence-electron chi connectivity index (χ2n) is 4.47. The van der Waals surface area contributed by atoms with Crippen molar-refractivity contribution in [3.8, 4) is 11.6 Å². The highest BCUT2D eigenvalue weighted by atomic mass is 79.9. The summed E-state index contributed by atoms with van der Waals surface area (Å²) in [6, 6.07) is 4.24. The first-order valence-electron chi connectivity index (χ1n) is 6.44. The predicted molar refractivity (Wildman–Crippen MR) is 81.5 cm³/mol. The van der Waals surface area contributed by atoms with Crippen LogP contribution in [0.3, 0.4) is 0 Å². The summed E-state index contributed by atoms with van der Waals surface area (Å²) in [7, 11) is 1.30. The molecule has 0 spiro atoms. The summed E-state index contributed by atoms with van der Waals surface area (Å²) < 4.78 is 25.2. The number of methoxy groups -OCH3 is 1. The average Bonchev–Trinajstić information content (AvgIpc) is 2.95. The first-order chi connectivity index (χ1) is 11.1. The van der Waals surface area contributed by atoms with Gasteiger partial charge < -0.3 is 9.47 Å². The lowest BCUT2D eigenvalue weighted by molar-refractivity contribution is -0.141. The number of esters is 1. The Morgan fingerprint density at radius 1 is 1.39 bits per heavy atom. The first-order valence-corrected chi connectivity index (χ1v) is 7.24. The molecular weight excluding hydrogens is 371 g/mol. The number of aromatic nitrogens is 4. The van der Waals surface area contributed by atoms with E-state index in [-0.39, 0.29) is 16.9 Å². The van der Waals surface area contributed by atoms with Gasteiger partial charge in [-0.1, -0.05) is 0 Å². The quantitative estimate of drug-likeness (QED) is 0.647. The van der Waals surface area contributed by atoms with E-state index >= 15 is 0 Å². The van der Waals surface area contributed by atoms with Gasteiger partial charge in [-0.25, -0.2) is 19.0 Å². The van der Waals surface area contributed by atoms with Crippen LogP contribution in [0.15, 0.2) is 35.2 Å². The van der Waals surface area contributed by atoms with Crippen molar-refractivity contribution < 1.29 is 18.7 Å². The Hall–Kier alpha value is -2.55. The van der Waals surface area contributed by atoms with Crippen molar-refractivity contribution >= 4 is 32.9 Å². The minimum atomic E-state index is -0.446. The third-order valence-electron chi connectivity index (χ3n) is 3.01. The lowest BCUT2D eigenvalue weighted by atomic mass is 10.3. The van der Waals surface area contributed by atoms with Crippen molar-refractivity contribution in [2.75, 3.05) is 7.11 Å². The zero-order valence-corrected chi connectivity index (χ0v) is 13.4. The second-order valence-corrected chi connectivity index (χ2v) is 5.33. The summed E-state index contributed by atoms with van der Waals surface area (Å²) in [5, 5.41) is 4.61. The molecule has 0 amide bonds. The Balaban J connectivity index is 1.95. The van der Waals surface area contributed by atoms with Gasteiger partial charge in [0.15, 0.2) is 5.65 Å². The van der Waals surface area contributed by atoms with E-state index in [0.29, 0.717) is 16.8 Å². The monoisotopic (exact) mass is 380 g/mol. The van der Waals surface area contributed by atoms with Crippen LogP contribution < -0.4 is 4.74 Å². The number of fused-ring (bicyclic) bond motifs is 1. The molecule has 0 aliphatic carbocycles. The molecule has 3 rings (SSSR count). The van der Waals surface area contributed by atoms with Crippen LogP contribution in [-0.4, -0.2) is 32.8 Å². The van der Waals surface area contributed by atoms with E-state index in [0.717, 1.165) is 0 Å². The molecular formula is C14H10BrFN4O3. The molecule has 1 aromatic carbocycles. The zero-order chi connectivity index (χ0) is 16.4. The Morgan fingerprint density at radius 2 is 2.22 bits per heavy atom. The molecule has 23 heavy (non-hydrogen) atoms. The molecule has 0 N–H and O–H groups in total. The SMILES string of the molecule is COC(=O)Cn1ncc2c(Oc3ccc(F)c(Br)c3)ncnc21. The molecule has 118 valence electrons. The average molecular weight is 381 g/mol. The molecule has 0 aliphatic rings. The number of benzene rings is 1. The number of carbonyl (C=O) groups is 1. The minimum absolute atomic E-state index is 0.0709. The molecule has 7 nitrogen and oxygen atoms in total. The highest BCUT2D eigenvalue weighted by Gasteiger charge is 2.14. The van der Waals surface area contributed by atoms with Crippen LogP contribution in [0.25, 0.3) is 11.0 Å². The van der Waals surface area contributed by atoms with Crippen molar-refractivity contribution in [2.45, 2.75) is 6.54 Å². The number of hydrogen-bond donors (Lipinski definition) is 0. The number of carbonyl (C=O) groups excluding carboxylic acids is 1. The summed E-state index contributed by atoms with van der Waals surface area (Å²) in [6.07, 6.45) is 2.79. The molecule has 0 atom stereocenters. The van der Waals surface area contributed by atoms with Crippen LogP contribution >= 0.6 is 15.9 Å². The highest BCUT2D eigenvalue weighted by Crippen LogP contribution is 2.29. The lowest BCUT2D eigenvalue weighted by Gasteiger charge is -2.06. The Labute approximate surface area is 138 Å². The van der Waals surface area contributed by atoms with Gasteiger partial charge in [0.2, 0.25) is 5.88 Å². The van der Waals surface area contributed by atoms with Gasteiger partial charge in [-0.2, -0.15) is 5.10 Å². The van der Waals surface area contributed by atoms with Gasteiger partial charge in [-0.15, -0.1) is 0 Å². The van der Waals surface area contributed by atoms with Gasteiger partial charge in [0.25, 0.3) is 0 Å². The summed E-state index contributed by atoms with van der Waals surface area (Å²) in [5.74, 6) is -0.182.